The summed E-state index contributed by atoms with van der Waals surface area (Å²) in [5.74, 6) is -0.198. The van der Waals surface area contributed by atoms with E-state index in [1.54, 1.807) is 13.0 Å². The average Bonchev–Trinajstić information content (AvgIpc) is 2.49. The second-order valence-electron chi connectivity index (χ2n) is 3.99. The number of hydrogen-bond donors (Lipinski definition) is 0. The van der Waals surface area contributed by atoms with Gasteiger partial charge in [0, 0.05) is 6.07 Å². The summed E-state index contributed by atoms with van der Waals surface area (Å²) < 4.78 is 9.94. The summed E-state index contributed by atoms with van der Waals surface area (Å²) in [6.45, 7) is 1.57. The van der Waals surface area contributed by atoms with Gasteiger partial charge >= 0.3 is 5.97 Å². The Morgan fingerprint density at radius 1 is 1.29 bits per heavy atom. The second-order valence-corrected chi connectivity index (χ2v) is 3.99. The number of aromatic nitrogens is 2. The Morgan fingerprint density at radius 2 is 2.05 bits per heavy atom. The van der Waals surface area contributed by atoms with Gasteiger partial charge in [-0.1, -0.05) is 6.07 Å². The lowest BCUT2D eigenvalue weighted by molar-refractivity contribution is -0.385. The molecule has 2 aromatic rings. The zero-order valence-electron chi connectivity index (χ0n) is 11.3. The summed E-state index contributed by atoms with van der Waals surface area (Å²) in [5.41, 5.74) is 0.369. The molecule has 1 aromatic carbocycles. The third-order valence-corrected chi connectivity index (χ3v) is 2.69. The smallest absolute Gasteiger partial charge is 0.358 e. The third-order valence-electron chi connectivity index (χ3n) is 2.69. The first kappa shape index (κ1) is 14.4. The molecule has 0 aliphatic heterocycles. The molecule has 0 atom stereocenters. The van der Waals surface area contributed by atoms with Gasteiger partial charge in [-0.15, -0.1) is 0 Å². The highest BCUT2D eigenvalue weighted by molar-refractivity contribution is 5.86. The quantitative estimate of drug-likeness (QED) is 0.483. The molecule has 0 spiro atoms. The highest BCUT2D eigenvalue weighted by atomic mass is 16.6. The zero-order chi connectivity index (χ0) is 15.4. The van der Waals surface area contributed by atoms with Crippen LogP contribution in [0.2, 0.25) is 0 Å². The van der Waals surface area contributed by atoms with Crippen molar-refractivity contribution in [1.82, 2.24) is 9.97 Å². The third kappa shape index (κ3) is 3.11. The van der Waals surface area contributed by atoms with Crippen molar-refractivity contribution in [2.75, 3.05) is 7.11 Å². The molecule has 0 amide bonds. The van der Waals surface area contributed by atoms with E-state index in [9.17, 15) is 14.9 Å². The van der Waals surface area contributed by atoms with Gasteiger partial charge in [0.2, 0.25) is 5.88 Å². The Kier molecular flexibility index (Phi) is 4.07. The van der Waals surface area contributed by atoms with Crippen LogP contribution in [0.4, 0.5) is 5.69 Å². The number of carbonyl (C=O) groups is 1. The van der Waals surface area contributed by atoms with Crippen LogP contribution in [0, 0.1) is 17.0 Å². The van der Waals surface area contributed by atoms with Gasteiger partial charge in [0.1, 0.15) is 5.75 Å². The minimum atomic E-state index is -0.611. The molecule has 8 nitrogen and oxygen atoms in total. The van der Waals surface area contributed by atoms with Crippen LogP contribution in [0.15, 0.2) is 30.6 Å². The van der Waals surface area contributed by atoms with Gasteiger partial charge in [-0.2, -0.15) is 0 Å². The largest absolute Gasteiger partial charge is 0.464 e. The van der Waals surface area contributed by atoms with E-state index < -0.39 is 10.9 Å². The average molecular weight is 289 g/mol. The van der Waals surface area contributed by atoms with Crippen LogP contribution >= 0.6 is 0 Å². The lowest BCUT2D eigenvalue weighted by Gasteiger charge is -2.07. The lowest BCUT2D eigenvalue weighted by atomic mass is 10.2. The van der Waals surface area contributed by atoms with Crippen molar-refractivity contribution in [3.63, 3.8) is 0 Å². The fourth-order valence-electron chi connectivity index (χ4n) is 1.60. The van der Waals surface area contributed by atoms with Crippen molar-refractivity contribution in [3.05, 3.63) is 52.0 Å². The Labute approximate surface area is 119 Å². The molecule has 0 saturated carbocycles. The van der Waals surface area contributed by atoms with Gasteiger partial charge in [-0.3, -0.25) is 10.1 Å². The lowest BCUT2D eigenvalue weighted by Crippen LogP contribution is -2.05. The van der Waals surface area contributed by atoms with E-state index in [2.05, 4.69) is 14.7 Å². The summed E-state index contributed by atoms with van der Waals surface area (Å²) in [6.07, 6.45) is 2.44. The van der Waals surface area contributed by atoms with E-state index in [4.69, 9.17) is 4.74 Å². The molecule has 0 aliphatic rings. The number of esters is 1. The predicted molar refractivity (Wildman–Crippen MR) is 71.3 cm³/mol. The molecular formula is C13H11N3O5. The van der Waals surface area contributed by atoms with E-state index in [-0.39, 0.29) is 17.3 Å². The molecule has 0 bridgehead atoms. The van der Waals surface area contributed by atoms with Gasteiger partial charge in [0.15, 0.2) is 5.69 Å². The number of rotatable bonds is 4. The van der Waals surface area contributed by atoms with Crippen molar-refractivity contribution in [2.45, 2.75) is 6.92 Å². The maximum atomic E-state index is 11.2. The summed E-state index contributed by atoms with van der Waals surface area (Å²) in [6, 6.07) is 4.48. The van der Waals surface area contributed by atoms with Crippen LogP contribution in [0.25, 0.3) is 0 Å². The number of carbonyl (C=O) groups excluding carboxylic acids is 1. The Hall–Kier alpha value is -3.03. The first-order chi connectivity index (χ1) is 10.0. The fraction of sp³-hybridized carbons (Fsp3) is 0.154. The first-order valence-electron chi connectivity index (χ1n) is 5.85. The molecule has 1 heterocycles. The maximum Gasteiger partial charge on any atom is 0.358 e. The SMILES string of the molecule is COC(=O)c1cnc(Oc2cccc([N+](=O)[O-])c2C)cn1. The van der Waals surface area contributed by atoms with E-state index >= 15 is 0 Å². The summed E-state index contributed by atoms with van der Waals surface area (Å²) in [7, 11) is 1.24. The van der Waals surface area contributed by atoms with E-state index in [0.717, 1.165) is 0 Å². The molecule has 1 aromatic heterocycles. The number of nitro groups is 1. The summed E-state index contributed by atoms with van der Waals surface area (Å²) in [4.78, 5) is 29.3. The van der Waals surface area contributed by atoms with Gasteiger partial charge in [-0.05, 0) is 13.0 Å². The molecule has 21 heavy (non-hydrogen) atoms. The van der Waals surface area contributed by atoms with Crippen molar-refractivity contribution in [3.8, 4) is 11.6 Å². The van der Waals surface area contributed by atoms with Crippen LogP contribution in [-0.4, -0.2) is 28.0 Å². The molecule has 0 radical (unpaired) electrons. The molecule has 0 aliphatic carbocycles. The number of nitrogens with zero attached hydrogens (tertiary/aromatic N) is 3. The number of benzene rings is 1. The van der Waals surface area contributed by atoms with Crippen molar-refractivity contribution in [2.24, 2.45) is 0 Å². The molecule has 108 valence electrons. The standard InChI is InChI=1S/C13H11N3O5/c1-8-10(16(18)19)4-3-5-11(8)21-12-7-14-9(6-15-12)13(17)20-2/h3-7H,1-2H3. The minimum Gasteiger partial charge on any atom is -0.464 e. The van der Waals surface area contributed by atoms with Crippen molar-refractivity contribution in [1.29, 1.82) is 0 Å². The fourth-order valence-corrected chi connectivity index (χ4v) is 1.60. The van der Waals surface area contributed by atoms with E-state index in [0.29, 0.717) is 11.3 Å². The molecular weight excluding hydrogens is 278 g/mol. The van der Waals surface area contributed by atoms with Gasteiger partial charge in [0.05, 0.1) is 30.0 Å². The monoisotopic (exact) mass is 289 g/mol. The van der Waals surface area contributed by atoms with E-state index in [1.807, 2.05) is 0 Å². The number of methoxy groups -OCH3 is 1. The topological polar surface area (TPSA) is 104 Å². The Bertz CT molecular complexity index is 685. The Balaban J connectivity index is 2.24. The maximum absolute atomic E-state index is 11.2. The van der Waals surface area contributed by atoms with Gasteiger partial charge < -0.3 is 9.47 Å². The van der Waals surface area contributed by atoms with E-state index in [1.165, 1.54) is 31.6 Å². The Morgan fingerprint density at radius 3 is 2.62 bits per heavy atom. The highest BCUT2D eigenvalue weighted by Gasteiger charge is 2.15. The number of nitro benzene ring substituents is 1. The van der Waals surface area contributed by atoms with Crippen molar-refractivity contribution >= 4 is 11.7 Å². The highest BCUT2D eigenvalue weighted by Crippen LogP contribution is 2.29. The number of hydrogen-bond acceptors (Lipinski definition) is 7. The molecule has 0 fully saturated rings. The van der Waals surface area contributed by atoms with Crippen LogP contribution in [0.5, 0.6) is 11.6 Å². The van der Waals surface area contributed by atoms with Crippen LogP contribution in [-0.2, 0) is 4.74 Å². The van der Waals surface area contributed by atoms with Gasteiger partial charge in [-0.25, -0.2) is 14.8 Å². The molecule has 2 rings (SSSR count). The minimum absolute atomic E-state index is 0.0422. The first-order valence-corrected chi connectivity index (χ1v) is 5.85. The van der Waals surface area contributed by atoms with Crippen molar-refractivity contribution < 1.29 is 19.2 Å². The summed E-state index contributed by atoms with van der Waals surface area (Å²) in [5, 5.41) is 10.8. The number of ether oxygens (including phenoxy) is 2. The molecule has 0 unspecified atom stereocenters. The normalized spacial score (nSPS) is 10.0. The molecule has 8 heteroatoms. The zero-order valence-corrected chi connectivity index (χ0v) is 11.3. The molecule has 0 saturated heterocycles. The van der Waals surface area contributed by atoms with Gasteiger partial charge in [0.25, 0.3) is 5.69 Å². The van der Waals surface area contributed by atoms with Crippen LogP contribution in [0.1, 0.15) is 16.1 Å². The van der Waals surface area contributed by atoms with Crippen LogP contribution in [0.3, 0.4) is 0 Å². The van der Waals surface area contributed by atoms with Crippen LogP contribution < -0.4 is 4.74 Å². The summed E-state index contributed by atoms with van der Waals surface area (Å²) >= 11 is 0. The predicted octanol–water partition coefficient (Wildman–Crippen LogP) is 2.27. The molecule has 0 N–H and O–H groups in total. The second kappa shape index (κ2) is 5.95.